The van der Waals surface area contributed by atoms with Gasteiger partial charge in [-0.2, -0.15) is 0 Å². The Morgan fingerprint density at radius 2 is 1.61 bits per heavy atom. The Kier molecular flexibility index (Phi) is 12.4. The SMILES string of the molecule is CC.CC(C)C(=O)N1CCNC(C2CC2)C1.CCC(=O)N1CCN(C(=O)c2ccccc2)C(CC)C1. The molecule has 4 rings (SSSR count). The van der Waals surface area contributed by atoms with Crippen LogP contribution in [-0.2, 0) is 9.59 Å². The van der Waals surface area contributed by atoms with E-state index >= 15 is 0 Å². The van der Waals surface area contributed by atoms with Crippen LogP contribution >= 0.6 is 0 Å². The fourth-order valence-corrected chi connectivity index (χ4v) is 4.83. The molecule has 0 bridgehead atoms. The van der Waals surface area contributed by atoms with Crippen molar-refractivity contribution < 1.29 is 14.4 Å². The first-order valence-corrected chi connectivity index (χ1v) is 14.0. The molecule has 7 nitrogen and oxygen atoms in total. The Balaban J connectivity index is 0.000000250. The minimum Gasteiger partial charge on any atom is -0.340 e. The molecule has 36 heavy (non-hydrogen) atoms. The zero-order chi connectivity index (χ0) is 26.7. The summed E-state index contributed by atoms with van der Waals surface area (Å²) in [5.74, 6) is 1.55. The van der Waals surface area contributed by atoms with Crippen LogP contribution in [0, 0.1) is 11.8 Å². The first-order chi connectivity index (χ1) is 17.3. The summed E-state index contributed by atoms with van der Waals surface area (Å²) in [6.45, 7) is 16.6. The summed E-state index contributed by atoms with van der Waals surface area (Å²) in [5.41, 5.74) is 0.723. The molecular weight excluding hydrogens is 452 g/mol. The second-order valence-electron chi connectivity index (χ2n) is 9.96. The topological polar surface area (TPSA) is 73.0 Å². The molecule has 202 valence electrons. The highest BCUT2D eigenvalue weighted by Crippen LogP contribution is 2.33. The third-order valence-corrected chi connectivity index (χ3v) is 7.09. The van der Waals surface area contributed by atoms with Crippen molar-refractivity contribution in [1.29, 1.82) is 0 Å². The molecule has 3 amide bonds. The van der Waals surface area contributed by atoms with Crippen molar-refractivity contribution >= 4 is 17.7 Å². The van der Waals surface area contributed by atoms with Crippen LogP contribution in [0.1, 0.15) is 77.6 Å². The number of hydrogen-bond acceptors (Lipinski definition) is 4. The standard InChI is InChI=1S/C16H22N2O2.C11H20N2O.C2H6/c1-3-14-12-17(15(19)4-2)10-11-18(14)16(20)13-8-6-5-7-9-13;1-8(2)11(14)13-6-5-12-10(7-13)9-3-4-9;1-2/h5-9,14H,3-4,10-12H2,1-2H3;8-10,12H,3-7H2,1-2H3;1-2H3. The second-order valence-corrected chi connectivity index (χ2v) is 9.96. The van der Waals surface area contributed by atoms with Crippen molar-refractivity contribution in [3.63, 3.8) is 0 Å². The number of nitrogens with zero attached hydrogens (tertiary/aromatic N) is 3. The minimum absolute atomic E-state index is 0.0704. The number of benzene rings is 1. The number of hydrogen-bond donors (Lipinski definition) is 1. The van der Waals surface area contributed by atoms with Crippen LogP contribution in [0.3, 0.4) is 0 Å². The van der Waals surface area contributed by atoms with E-state index in [1.807, 2.05) is 79.7 Å². The van der Waals surface area contributed by atoms with Crippen LogP contribution in [0.4, 0.5) is 0 Å². The lowest BCUT2D eigenvalue weighted by molar-refractivity contribution is -0.135. The molecule has 2 atom stereocenters. The molecule has 3 fully saturated rings. The normalized spacial score (nSPS) is 21.7. The van der Waals surface area contributed by atoms with E-state index in [0.717, 1.165) is 37.5 Å². The maximum absolute atomic E-state index is 12.5. The van der Waals surface area contributed by atoms with E-state index in [1.54, 1.807) is 0 Å². The Morgan fingerprint density at radius 1 is 0.944 bits per heavy atom. The zero-order valence-corrected chi connectivity index (χ0v) is 23.3. The molecule has 1 saturated carbocycles. The van der Waals surface area contributed by atoms with Crippen LogP contribution < -0.4 is 5.32 Å². The fraction of sp³-hybridized carbons (Fsp3) is 0.690. The number of nitrogens with one attached hydrogen (secondary N) is 1. The summed E-state index contributed by atoms with van der Waals surface area (Å²) in [7, 11) is 0. The number of carbonyl (C=O) groups excluding carboxylic acids is 3. The van der Waals surface area contributed by atoms with Gasteiger partial charge in [0.1, 0.15) is 0 Å². The van der Waals surface area contributed by atoms with E-state index in [1.165, 1.54) is 12.8 Å². The second kappa shape index (κ2) is 15.0. The molecule has 1 N–H and O–H groups in total. The van der Waals surface area contributed by atoms with Crippen LogP contribution in [0.25, 0.3) is 0 Å². The molecule has 1 aliphatic carbocycles. The summed E-state index contributed by atoms with van der Waals surface area (Å²) in [6, 6.07) is 10.1. The number of carbonyl (C=O) groups is 3. The number of amides is 3. The molecule has 0 aromatic heterocycles. The van der Waals surface area contributed by atoms with Gasteiger partial charge in [-0.05, 0) is 37.3 Å². The van der Waals surface area contributed by atoms with E-state index in [9.17, 15) is 14.4 Å². The van der Waals surface area contributed by atoms with E-state index in [4.69, 9.17) is 0 Å². The quantitative estimate of drug-likeness (QED) is 0.662. The Hall–Kier alpha value is -2.41. The van der Waals surface area contributed by atoms with E-state index in [0.29, 0.717) is 38.0 Å². The lowest BCUT2D eigenvalue weighted by Crippen LogP contribution is -2.56. The van der Waals surface area contributed by atoms with Gasteiger partial charge >= 0.3 is 0 Å². The third kappa shape index (κ3) is 8.32. The largest absolute Gasteiger partial charge is 0.340 e. The van der Waals surface area contributed by atoms with Crippen LogP contribution in [-0.4, -0.2) is 83.8 Å². The molecule has 2 heterocycles. The van der Waals surface area contributed by atoms with Crippen LogP contribution in [0.2, 0.25) is 0 Å². The van der Waals surface area contributed by atoms with Crippen molar-refractivity contribution in [3.05, 3.63) is 35.9 Å². The summed E-state index contributed by atoms with van der Waals surface area (Å²) >= 11 is 0. The predicted molar refractivity (Wildman–Crippen MR) is 146 cm³/mol. The molecule has 3 aliphatic rings. The number of piperazine rings is 2. The van der Waals surface area contributed by atoms with Crippen molar-refractivity contribution in [2.75, 3.05) is 39.3 Å². The van der Waals surface area contributed by atoms with E-state index in [-0.39, 0.29) is 23.8 Å². The lowest BCUT2D eigenvalue weighted by atomic mass is 10.1. The Morgan fingerprint density at radius 3 is 2.17 bits per heavy atom. The highest BCUT2D eigenvalue weighted by molar-refractivity contribution is 5.94. The summed E-state index contributed by atoms with van der Waals surface area (Å²) in [4.78, 5) is 41.9. The predicted octanol–water partition coefficient (Wildman–Crippen LogP) is 4.04. The van der Waals surface area contributed by atoms with Gasteiger partial charge in [-0.3, -0.25) is 14.4 Å². The van der Waals surface area contributed by atoms with Crippen molar-refractivity contribution in [2.24, 2.45) is 11.8 Å². The smallest absolute Gasteiger partial charge is 0.254 e. The zero-order valence-electron chi connectivity index (χ0n) is 23.3. The highest BCUT2D eigenvalue weighted by atomic mass is 16.2. The molecule has 0 spiro atoms. The highest BCUT2D eigenvalue weighted by Gasteiger charge is 2.35. The van der Waals surface area contributed by atoms with Gasteiger partial charge in [0, 0.05) is 69.3 Å². The molecule has 2 aliphatic heterocycles. The minimum atomic E-state index is 0.0704. The maximum Gasteiger partial charge on any atom is 0.254 e. The van der Waals surface area contributed by atoms with Crippen molar-refractivity contribution in [1.82, 2.24) is 20.0 Å². The average molecular weight is 501 g/mol. The number of rotatable bonds is 5. The van der Waals surface area contributed by atoms with Gasteiger partial charge in [0.25, 0.3) is 5.91 Å². The third-order valence-electron chi connectivity index (χ3n) is 7.09. The van der Waals surface area contributed by atoms with Crippen LogP contribution in [0.15, 0.2) is 30.3 Å². The van der Waals surface area contributed by atoms with E-state index in [2.05, 4.69) is 12.2 Å². The maximum atomic E-state index is 12.5. The molecule has 2 unspecified atom stereocenters. The van der Waals surface area contributed by atoms with Gasteiger partial charge in [0.15, 0.2) is 0 Å². The molecule has 7 heteroatoms. The molecular formula is C29H48N4O3. The van der Waals surface area contributed by atoms with Crippen LogP contribution in [0.5, 0.6) is 0 Å². The molecule has 2 saturated heterocycles. The van der Waals surface area contributed by atoms with Gasteiger partial charge in [0.05, 0.1) is 0 Å². The lowest BCUT2D eigenvalue weighted by Gasteiger charge is -2.41. The van der Waals surface area contributed by atoms with Gasteiger partial charge in [-0.25, -0.2) is 0 Å². The van der Waals surface area contributed by atoms with E-state index < -0.39 is 0 Å². The van der Waals surface area contributed by atoms with Gasteiger partial charge in [-0.1, -0.05) is 59.7 Å². The first kappa shape index (κ1) is 29.8. The summed E-state index contributed by atoms with van der Waals surface area (Å²) < 4.78 is 0. The Labute approximate surface area is 218 Å². The van der Waals surface area contributed by atoms with Crippen molar-refractivity contribution in [3.8, 4) is 0 Å². The molecule has 1 aromatic rings. The summed E-state index contributed by atoms with van der Waals surface area (Å²) in [5, 5.41) is 3.51. The molecule has 0 radical (unpaired) electrons. The molecule has 1 aromatic carbocycles. The fourth-order valence-electron chi connectivity index (χ4n) is 4.83. The monoisotopic (exact) mass is 500 g/mol. The first-order valence-electron chi connectivity index (χ1n) is 14.0. The van der Waals surface area contributed by atoms with Gasteiger partial charge < -0.3 is 20.0 Å². The van der Waals surface area contributed by atoms with Gasteiger partial charge in [0.2, 0.25) is 11.8 Å². The van der Waals surface area contributed by atoms with Gasteiger partial charge in [-0.15, -0.1) is 0 Å². The van der Waals surface area contributed by atoms with Crippen molar-refractivity contribution in [2.45, 2.75) is 79.3 Å². The average Bonchev–Trinajstić information content (AvgIpc) is 3.79. The Bertz CT molecular complexity index is 825. The summed E-state index contributed by atoms with van der Waals surface area (Å²) in [6.07, 6.45) is 4.10.